The number of imidazole rings is 1. The number of aliphatic hydroxyl groups is 2. The third-order valence-electron chi connectivity index (χ3n) is 6.36. The molecule has 196 valence electrons. The van der Waals surface area contributed by atoms with Gasteiger partial charge in [-0.05, 0) is 30.2 Å². The Morgan fingerprint density at radius 2 is 1.87 bits per heavy atom. The molecule has 38 heavy (non-hydrogen) atoms. The van der Waals surface area contributed by atoms with Crippen molar-refractivity contribution in [2.45, 2.75) is 31.5 Å². The molecule has 1 aliphatic heterocycles. The van der Waals surface area contributed by atoms with Crippen molar-refractivity contribution in [1.29, 1.82) is 0 Å². The Bertz CT molecular complexity index is 1520. The van der Waals surface area contributed by atoms with Crippen LogP contribution in [0, 0.1) is 6.92 Å². The van der Waals surface area contributed by atoms with Gasteiger partial charge in [-0.15, -0.1) is 0 Å². The quantitative estimate of drug-likeness (QED) is 0.161. The second kappa shape index (κ2) is 10.1. The maximum Gasteiger partial charge on any atom is 0.255 e. The van der Waals surface area contributed by atoms with Gasteiger partial charge in [-0.25, -0.2) is 15.0 Å². The number of anilines is 1. The smallest absolute Gasteiger partial charge is 0.255 e. The van der Waals surface area contributed by atoms with Crippen LogP contribution in [0.25, 0.3) is 22.3 Å². The van der Waals surface area contributed by atoms with Crippen molar-refractivity contribution < 1.29 is 30.0 Å². The molecule has 3 heterocycles. The number of ether oxygens (including phenoxy) is 1. The molecule has 1 amide bonds. The van der Waals surface area contributed by atoms with Crippen molar-refractivity contribution in [2.24, 2.45) is 0 Å². The largest absolute Gasteiger partial charge is 0.504 e. The number of aromatic nitrogens is 4. The van der Waals surface area contributed by atoms with Gasteiger partial charge < -0.3 is 36.2 Å². The minimum Gasteiger partial charge on any atom is -0.504 e. The summed E-state index contributed by atoms with van der Waals surface area (Å²) in [6, 6.07) is 10.4. The van der Waals surface area contributed by atoms with Crippen molar-refractivity contribution in [3.05, 3.63) is 72.3 Å². The number of rotatable bonds is 6. The van der Waals surface area contributed by atoms with E-state index in [1.54, 1.807) is 6.08 Å². The number of hydrogen-bond donors (Lipinski definition) is 6. The van der Waals surface area contributed by atoms with Crippen LogP contribution >= 0.6 is 0 Å². The molecule has 4 aromatic rings. The fraction of sp³-hybridized carbons (Fsp3) is 0.231. The van der Waals surface area contributed by atoms with Crippen LogP contribution in [0.4, 0.5) is 5.82 Å². The summed E-state index contributed by atoms with van der Waals surface area (Å²) in [5.74, 6) is -1.37. The molecule has 7 N–H and O–H groups in total. The lowest BCUT2D eigenvalue weighted by atomic mass is 10.0. The fourth-order valence-corrected chi connectivity index (χ4v) is 4.28. The molecule has 0 aliphatic carbocycles. The van der Waals surface area contributed by atoms with Crippen molar-refractivity contribution in [3.63, 3.8) is 0 Å². The first-order valence-corrected chi connectivity index (χ1v) is 11.8. The third-order valence-corrected chi connectivity index (χ3v) is 6.36. The first-order chi connectivity index (χ1) is 18.2. The van der Waals surface area contributed by atoms with E-state index >= 15 is 0 Å². The molecule has 2 aromatic carbocycles. The van der Waals surface area contributed by atoms with Gasteiger partial charge in [0.05, 0.1) is 11.9 Å². The van der Waals surface area contributed by atoms with Gasteiger partial charge in [0.25, 0.3) is 5.91 Å². The van der Waals surface area contributed by atoms with E-state index in [-0.39, 0.29) is 17.9 Å². The highest BCUT2D eigenvalue weighted by Gasteiger charge is 2.43. The number of aromatic hydroxyl groups is 2. The second-order valence-electron chi connectivity index (χ2n) is 8.95. The number of fused-ring (bicyclic) bond motifs is 1. The minimum absolute atomic E-state index is 0.0267. The molecule has 2 aromatic heterocycles. The van der Waals surface area contributed by atoms with E-state index in [4.69, 9.17) is 10.5 Å². The van der Waals surface area contributed by atoms with Gasteiger partial charge in [0.2, 0.25) is 0 Å². The molecule has 1 saturated heterocycles. The Hall–Kier alpha value is -4.52. The van der Waals surface area contributed by atoms with Gasteiger partial charge >= 0.3 is 0 Å². The predicted molar refractivity (Wildman–Crippen MR) is 137 cm³/mol. The Kier molecular flexibility index (Phi) is 6.68. The molecule has 5 rings (SSSR count). The van der Waals surface area contributed by atoms with Gasteiger partial charge in [0.15, 0.2) is 29.2 Å². The van der Waals surface area contributed by atoms with Gasteiger partial charge in [0.1, 0.15) is 30.2 Å². The number of hydrogen-bond acceptors (Lipinski definition) is 10. The lowest BCUT2D eigenvalue weighted by molar-refractivity contribution is -0.0245. The predicted octanol–water partition coefficient (Wildman–Crippen LogP) is 1.40. The fourth-order valence-electron chi connectivity index (χ4n) is 4.28. The zero-order valence-corrected chi connectivity index (χ0v) is 20.3. The summed E-state index contributed by atoms with van der Waals surface area (Å²) in [6.45, 7) is 1.98. The minimum atomic E-state index is -1.28. The molecule has 1 fully saturated rings. The number of carbonyl (C=O) groups is 1. The Morgan fingerprint density at radius 3 is 2.63 bits per heavy atom. The van der Waals surface area contributed by atoms with Gasteiger partial charge in [0, 0.05) is 6.54 Å². The first-order valence-electron chi connectivity index (χ1n) is 11.8. The van der Waals surface area contributed by atoms with Crippen LogP contribution in [0.5, 0.6) is 11.5 Å². The molecular formula is C26H26N6O6. The van der Waals surface area contributed by atoms with Crippen LogP contribution in [-0.4, -0.2) is 70.7 Å². The maximum absolute atomic E-state index is 12.8. The highest BCUT2D eigenvalue weighted by atomic mass is 16.6. The average Bonchev–Trinajstić information content (AvgIpc) is 3.45. The van der Waals surface area contributed by atoms with Crippen LogP contribution in [0.1, 0.15) is 22.1 Å². The SMILES string of the molecule is Cc1ccc(-c2cc(O)c(O)c(C(=O)NCC=CC3OC(n4cnc5c(N)ncnc54)[C@H](O)C3O)c2)cc1. The van der Waals surface area contributed by atoms with E-state index in [0.717, 1.165) is 11.1 Å². The van der Waals surface area contributed by atoms with Crippen molar-refractivity contribution in [2.75, 3.05) is 12.3 Å². The molecule has 4 atom stereocenters. The normalized spacial score (nSPS) is 21.3. The molecule has 0 radical (unpaired) electrons. The van der Waals surface area contributed by atoms with Crippen molar-refractivity contribution >= 4 is 22.9 Å². The highest BCUT2D eigenvalue weighted by molar-refractivity contribution is 5.99. The summed E-state index contributed by atoms with van der Waals surface area (Å²) in [4.78, 5) is 24.9. The summed E-state index contributed by atoms with van der Waals surface area (Å²) >= 11 is 0. The summed E-state index contributed by atoms with van der Waals surface area (Å²) in [5, 5.41) is 44.1. The van der Waals surface area contributed by atoms with Crippen LogP contribution in [0.3, 0.4) is 0 Å². The Labute approximate surface area is 216 Å². The molecule has 12 heteroatoms. The summed E-state index contributed by atoms with van der Waals surface area (Å²) in [5.41, 5.74) is 8.83. The molecule has 3 unspecified atom stereocenters. The van der Waals surface area contributed by atoms with E-state index < -0.39 is 41.9 Å². The number of phenolic OH excluding ortho intramolecular Hbond substituents is 2. The van der Waals surface area contributed by atoms with Crippen molar-refractivity contribution in [3.8, 4) is 22.6 Å². The number of carbonyl (C=O) groups excluding carboxylic acids is 1. The monoisotopic (exact) mass is 518 g/mol. The summed E-state index contributed by atoms with van der Waals surface area (Å²) in [7, 11) is 0. The van der Waals surface area contributed by atoms with Crippen LogP contribution in [0.2, 0.25) is 0 Å². The van der Waals surface area contributed by atoms with Crippen molar-refractivity contribution in [1.82, 2.24) is 24.8 Å². The maximum atomic E-state index is 12.8. The lowest BCUT2D eigenvalue weighted by Gasteiger charge is -2.16. The molecule has 0 spiro atoms. The number of nitrogens with zero attached hydrogens (tertiary/aromatic N) is 4. The van der Waals surface area contributed by atoms with Gasteiger partial charge in [-0.1, -0.05) is 42.0 Å². The third kappa shape index (κ3) is 4.63. The number of nitrogen functional groups attached to an aromatic ring is 1. The Balaban J connectivity index is 1.25. The number of aliphatic hydroxyl groups excluding tert-OH is 2. The van der Waals surface area contributed by atoms with Crippen LogP contribution < -0.4 is 11.1 Å². The van der Waals surface area contributed by atoms with Crippen LogP contribution in [0.15, 0.2) is 61.2 Å². The van der Waals surface area contributed by atoms with E-state index in [0.29, 0.717) is 16.7 Å². The van der Waals surface area contributed by atoms with Crippen LogP contribution in [-0.2, 0) is 4.74 Å². The van der Waals surface area contributed by atoms with E-state index in [1.807, 2.05) is 31.2 Å². The molecule has 0 bridgehead atoms. The molecule has 12 nitrogen and oxygen atoms in total. The number of amides is 1. The zero-order chi connectivity index (χ0) is 27.0. The zero-order valence-electron chi connectivity index (χ0n) is 20.3. The van der Waals surface area contributed by atoms with E-state index in [9.17, 15) is 25.2 Å². The second-order valence-corrected chi connectivity index (χ2v) is 8.95. The molecular weight excluding hydrogens is 492 g/mol. The standard InChI is InChI=1S/C26H26N6O6/c1-13-4-6-14(7-5-13)15-9-16(20(34)17(33)10-15)25(37)28-8-2-3-18-21(35)22(36)26(38-18)32-12-31-19-23(27)29-11-30-24(19)32/h2-7,9-12,18,21-22,26,33-36H,8H2,1H3,(H,28,37)(H2,27,29,30)/t18?,21?,22-,26?/m1/s1. The molecule has 1 aliphatic rings. The summed E-state index contributed by atoms with van der Waals surface area (Å²) < 4.78 is 7.29. The number of aryl methyl sites for hydroxylation is 1. The molecule has 0 saturated carbocycles. The number of nitrogens with one attached hydrogen (secondary N) is 1. The highest BCUT2D eigenvalue weighted by Crippen LogP contribution is 2.35. The number of benzene rings is 2. The van der Waals surface area contributed by atoms with Gasteiger partial charge in [-0.2, -0.15) is 0 Å². The Morgan fingerprint density at radius 1 is 1.11 bits per heavy atom. The van der Waals surface area contributed by atoms with E-state index in [1.165, 1.54) is 35.4 Å². The topological polar surface area (TPSA) is 189 Å². The number of nitrogens with two attached hydrogens (primary N) is 1. The first kappa shape index (κ1) is 25.1. The average molecular weight is 519 g/mol. The number of phenols is 2. The van der Waals surface area contributed by atoms with E-state index in [2.05, 4.69) is 20.3 Å². The van der Waals surface area contributed by atoms with Gasteiger partial charge in [-0.3, -0.25) is 9.36 Å². The lowest BCUT2D eigenvalue weighted by Crippen LogP contribution is -2.31. The summed E-state index contributed by atoms with van der Waals surface area (Å²) in [6.07, 6.45) is 1.33.